The summed E-state index contributed by atoms with van der Waals surface area (Å²) < 4.78 is 10.8. The number of aromatic nitrogens is 2. The molecule has 0 bridgehead atoms. The predicted octanol–water partition coefficient (Wildman–Crippen LogP) is 2.38. The maximum Gasteiger partial charge on any atom is 0.222 e. The van der Waals surface area contributed by atoms with E-state index in [1.807, 2.05) is 17.5 Å². The first-order chi connectivity index (χ1) is 11.9. The molecule has 0 aliphatic carbocycles. The zero-order chi connectivity index (χ0) is 16.6. The van der Waals surface area contributed by atoms with Crippen molar-refractivity contribution in [1.82, 2.24) is 15.3 Å². The third-order valence-corrected chi connectivity index (χ3v) is 4.16. The first-order valence-corrected chi connectivity index (χ1v) is 8.83. The van der Waals surface area contributed by atoms with Crippen LogP contribution in [0.4, 0.5) is 5.13 Å². The largest absolute Gasteiger partial charge is 0.477 e. The van der Waals surface area contributed by atoms with Crippen LogP contribution < -0.4 is 15.4 Å². The highest BCUT2D eigenvalue weighted by molar-refractivity contribution is 7.14. The monoisotopic (exact) mass is 347 g/mol. The van der Waals surface area contributed by atoms with Gasteiger partial charge in [0.05, 0.1) is 17.9 Å². The first-order valence-electron chi connectivity index (χ1n) is 7.95. The fourth-order valence-corrected chi connectivity index (χ4v) is 2.95. The lowest BCUT2D eigenvalue weighted by molar-refractivity contribution is 0.171. The van der Waals surface area contributed by atoms with Gasteiger partial charge < -0.3 is 20.1 Å². The number of methoxy groups -OCH3 is 1. The summed E-state index contributed by atoms with van der Waals surface area (Å²) in [4.78, 5) is 13.3. The van der Waals surface area contributed by atoms with Gasteiger partial charge in [-0.05, 0) is 18.6 Å². The molecule has 0 unspecified atom stereocenters. The maximum atomic E-state index is 5.77. The summed E-state index contributed by atoms with van der Waals surface area (Å²) in [5.74, 6) is 1.38. The molecule has 3 rings (SSSR count). The van der Waals surface area contributed by atoms with Crippen LogP contribution in [0.25, 0.3) is 11.3 Å². The molecular formula is C16H21N5O2S. The second-order valence-corrected chi connectivity index (χ2v) is 6.08. The van der Waals surface area contributed by atoms with Crippen molar-refractivity contribution in [2.75, 3.05) is 38.7 Å². The maximum absolute atomic E-state index is 5.77. The van der Waals surface area contributed by atoms with Crippen molar-refractivity contribution in [3.8, 4) is 17.1 Å². The predicted molar refractivity (Wildman–Crippen MR) is 95.9 cm³/mol. The minimum absolute atomic E-state index is 0.563. The first kappa shape index (κ1) is 16.7. The van der Waals surface area contributed by atoms with E-state index in [-0.39, 0.29) is 0 Å². The molecule has 0 amide bonds. The second-order valence-electron chi connectivity index (χ2n) is 5.22. The second kappa shape index (κ2) is 8.60. The molecule has 0 atom stereocenters. The molecule has 0 saturated heterocycles. The summed E-state index contributed by atoms with van der Waals surface area (Å²) >= 11 is 1.53. The number of thiazole rings is 1. The molecule has 1 aliphatic rings. The van der Waals surface area contributed by atoms with Gasteiger partial charge in [0.25, 0.3) is 0 Å². The standard InChI is InChI=1S/C16H21N5O2S/c1-22-9-4-10-23-14-12(5-2-6-17-14)13-11-24-16(20-13)21-15-18-7-3-8-19-15/h2,5-6,11H,3-4,7-10H2,1H3,(H2,18,19,20,21). The normalized spacial score (nSPS) is 14.0. The van der Waals surface area contributed by atoms with Crippen LogP contribution in [-0.4, -0.2) is 49.3 Å². The van der Waals surface area contributed by atoms with Gasteiger partial charge in [-0.1, -0.05) is 0 Å². The Kier molecular flexibility index (Phi) is 5.97. The molecule has 128 valence electrons. The lowest BCUT2D eigenvalue weighted by atomic mass is 10.2. The number of nitrogens with one attached hydrogen (secondary N) is 2. The number of hydrogen-bond acceptors (Lipinski definition) is 8. The Balaban J connectivity index is 1.69. The minimum Gasteiger partial charge on any atom is -0.477 e. The summed E-state index contributed by atoms with van der Waals surface area (Å²) in [6.07, 6.45) is 3.61. The molecule has 0 fully saturated rings. The summed E-state index contributed by atoms with van der Waals surface area (Å²) in [5.41, 5.74) is 1.73. The molecule has 7 nitrogen and oxygen atoms in total. The molecular weight excluding hydrogens is 326 g/mol. The quantitative estimate of drug-likeness (QED) is 0.749. The molecule has 0 spiro atoms. The zero-order valence-electron chi connectivity index (χ0n) is 13.6. The van der Waals surface area contributed by atoms with E-state index < -0.39 is 0 Å². The van der Waals surface area contributed by atoms with E-state index in [1.54, 1.807) is 13.3 Å². The molecule has 0 saturated carbocycles. The SMILES string of the molecule is COCCCOc1ncccc1-c1csc(NC2=NCCCN2)n1. The Hall–Kier alpha value is -2.19. The van der Waals surface area contributed by atoms with Crippen molar-refractivity contribution < 1.29 is 9.47 Å². The molecule has 8 heteroatoms. The Morgan fingerprint density at radius 1 is 1.38 bits per heavy atom. The Morgan fingerprint density at radius 2 is 2.33 bits per heavy atom. The molecule has 2 N–H and O–H groups in total. The third-order valence-electron chi connectivity index (χ3n) is 3.41. The van der Waals surface area contributed by atoms with Crippen LogP contribution in [0, 0.1) is 0 Å². The van der Waals surface area contributed by atoms with Gasteiger partial charge in [0.1, 0.15) is 0 Å². The smallest absolute Gasteiger partial charge is 0.222 e. The zero-order valence-corrected chi connectivity index (χ0v) is 14.4. The molecule has 24 heavy (non-hydrogen) atoms. The topological polar surface area (TPSA) is 80.7 Å². The van der Waals surface area contributed by atoms with Crippen LogP contribution >= 0.6 is 11.3 Å². The number of pyridine rings is 1. The van der Waals surface area contributed by atoms with Gasteiger partial charge in [0.2, 0.25) is 5.88 Å². The van der Waals surface area contributed by atoms with E-state index in [4.69, 9.17) is 9.47 Å². The van der Waals surface area contributed by atoms with Crippen LogP contribution in [0.15, 0.2) is 28.7 Å². The number of aliphatic imine (C=N–C) groups is 1. The fraction of sp³-hybridized carbons (Fsp3) is 0.438. The van der Waals surface area contributed by atoms with E-state index in [0.717, 1.165) is 48.3 Å². The van der Waals surface area contributed by atoms with Gasteiger partial charge in [0, 0.05) is 44.8 Å². The number of nitrogens with zero attached hydrogens (tertiary/aromatic N) is 3. The summed E-state index contributed by atoms with van der Waals surface area (Å²) in [7, 11) is 1.68. The van der Waals surface area contributed by atoms with Crippen LogP contribution in [-0.2, 0) is 4.74 Å². The van der Waals surface area contributed by atoms with Gasteiger partial charge in [0.15, 0.2) is 11.1 Å². The van der Waals surface area contributed by atoms with E-state index in [9.17, 15) is 0 Å². The van der Waals surface area contributed by atoms with Gasteiger partial charge in [-0.3, -0.25) is 4.99 Å². The Labute approximate surface area is 145 Å². The highest BCUT2D eigenvalue weighted by Crippen LogP contribution is 2.30. The van der Waals surface area contributed by atoms with E-state index in [1.165, 1.54) is 11.3 Å². The number of anilines is 1. The van der Waals surface area contributed by atoms with Gasteiger partial charge in [-0.2, -0.15) is 0 Å². The van der Waals surface area contributed by atoms with Crippen molar-refractivity contribution in [3.05, 3.63) is 23.7 Å². The third kappa shape index (κ3) is 4.42. The summed E-state index contributed by atoms with van der Waals surface area (Å²) in [6, 6.07) is 3.85. The van der Waals surface area contributed by atoms with Crippen molar-refractivity contribution >= 4 is 22.4 Å². The number of ether oxygens (including phenoxy) is 2. The van der Waals surface area contributed by atoms with Crippen molar-refractivity contribution in [1.29, 1.82) is 0 Å². The van der Waals surface area contributed by atoms with E-state index in [2.05, 4.69) is 25.6 Å². The molecule has 1 aliphatic heterocycles. The van der Waals surface area contributed by atoms with Crippen LogP contribution in [0.5, 0.6) is 5.88 Å². The number of rotatable bonds is 7. The van der Waals surface area contributed by atoms with Gasteiger partial charge in [-0.15, -0.1) is 11.3 Å². The van der Waals surface area contributed by atoms with Crippen molar-refractivity contribution in [3.63, 3.8) is 0 Å². The lowest BCUT2D eigenvalue weighted by Crippen LogP contribution is -2.35. The van der Waals surface area contributed by atoms with E-state index >= 15 is 0 Å². The number of hydrogen-bond donors (Lipinski definition) is 2. The average molecular weight is 347 g/mol. The highest BCUT2D eigenvalue weighted by atomic mass is 32.1. The van der Waals surface area contributed by atoms with Crippen LogP contribution in [0.3, 0.4) is 0 Å². The van der Waals surface area contributed by atoms with Crippen molar-refractivity contribution in [2.45, 2.75) is 12.8 Å². The molecule has 2 aromatic rings. The van der Waals surface area contributed by atoms with Crippen LogP contribution in [0.2, 0.25) is 0 Å². The lowest BCUT2D eigenvalue weighted by Gasteiger charge is -2.14. The van der Waals surface area contributed by atoms with Crippen LogP contribution in [0.1, 0.15) is 12.8 Å². The Morgan fingerprint density at radius 3 is 3.17 bits per heavy atom. The molecule has 0 radical (unpaired) electrons. The average Bonchev–Trinajstić information content (AvgIpc) is 3.08. The highest BCUT2D eigenvalue weighted by Gasteiger charge is 2.13. The molecule has 0 aromatic carbocycles. The minimum atomic E-state index is 0.563. The summed E-state index contributed by atoms with van der Waals surface area (Å²) in [6.45, 7) is 3.01. The number of guanidine groups is 1. The molecule has 2 aromatic heterocycles. The fourth-order valence-electron chi connectivity index (χ4n) is 2.25. The van der Waals surface area contributed by atoms with Gasteiger partial charge >= 0.3 is 0 Å². The van der Waals surface area contributed by atoms with E-state index in [0.29, 0.717) is 19.1 Å². The summed E-state index contributed by atoms with van der Waals surface area (Å²) in [5, 5.41) is 9.23. The Bertz CT molecular complexity index is 689. The van der Waals surface area contributed by atoms with Crippen molar-refractivity contribution in [2.24, 2.45) is 4.99 Å². The van der Waals surface area contributed by atoms with Gasteiger partial charge in [-0.25, -0.2) is 9.97 Å². The molecule has 3 heterocycles.